The number of aromatic nitrogens is 2. The molecule has 0 N–H and O–H groups in total. The Bertz CT molecular complexity index is 2580. The first-order chi connectivity index (χ1) is 21.5. The summed E-state index contributed by atoms with van der Waals surface area (Å²) in [5, 5.41) is 3.83. The van der Waals surface area contributed by atoms with Crippen molar-refractivity contribution in [2.45, 2.75) is 11.8 Å². The molecule has 0 radical (unpaired) electrons. The maximum absolute atomic E-state index is 14.1. The van der Waals surface area contributed by atoms with Crippen LogP contribution in [0.15, 0.2) is 132 Å². The number of hydrogen-bond donors (Lipinski definition) is 0. The van der Waals surface area contributed by atoms with Gasteiger partial charge in [0.25, 0.3) is 10.0 Å². The Hall–Kier alpha value is -5.53. The fourth-order valence-corrected chi connectivity index (χ4v) is 7.94. The van der Waals surface area contributed by atoms with Crippen LogP contribution in [-0.4, -0.2) is 17.0 Å². The summed E-state index contributed by atoms with van der Waals surface area (Å²) in [6.45, 7) is 1.95. The maximum Gasteiger partial charge on any atom is 0.268 e. The minimum Gasteiger partial charge on any atom is -0.449 e. The normalized spacial score (nSPS) is 12.8. The maximum atomic E-state index is 14.1. The van der Waals surface area contributed by atoms with Gasteiger partial charge < -0.3 is 14.0 Å². The summed E-state index contributed by atoms with van der Waals surface area (Å²) in [5.41, 5.74) is 5.17. The van der Waals surface area contributed by atoms with Gasteiger partial charge in [0.1, 0.15) is 0 Å². The lowest BCUT2D eigenvalue weighted by atomic mass is 10.1. The average Bonchev–Trinajstić information content (AvgIpc) is 3.55. The van der Waals surface area contributed by atoms with Crippen LogP contribution in [0.5, 0.6) is 23.0 Å². The molecule has 1 aliphatic heterocycles. The van der Waals surface area contributed by atoms with Crippen LogP contribution in [0.2, 0.25) is 0 Å². The minimum atomic E-state index is -3.86. The van der Waals surface area contributed by atoms with Crippen molar-refractivity contribution < 1.29 is 17.9 Å². The molecule has 0 bridgehead atoms. The number of aryl methyl sites for hydroxylation is 1. The van der Waals surface area contributed by atoms with Crippen LogP contribution >= 0.6 is 0 Å². The molecule has 0 aliphatic carbocycles. The van der Waals surface area contributed by atoms with Crippen molar-refractivity contribution in [2.24, 2.45) is 0 Å². The average molecular weight is 593 g/mol. The first-order valence-corrected chi connectivity index (χ1v) is 15.8. The van der Waals surface area contributed by atoms with Gasteiger partial charge in [-0.15, -0.1) is 0 Å². The molecular weight excluding hydrogens is 568 g/mol. The zero-order valence-electron chi connectivity index (χ0n) is 23.6. The van der Waals surface area contributed by atoms with E-state index in [1.165, 1.54) is 3.97 Å². The molecule has 6 nitrogen and oxygen atoms in total. The van der Waals surface area contributed by atoms with Crippen LogP contribution in [0.4, 0.5) is 0 Å². The molecule has 0 atom stereocenters. The molecule has 2 aromatic heterocycles. The summed E-state index contributed by atoms with van der Waals surface area (Å²) in [5.74, 6) is 2.66. The van der Waals surface area contributed by atoms with Gasteiger partial charge >= 0.3 is 0 Å². The van der Waals surface area contributed by atoms with Gasteiger partial charge in [-0.3, -0.25) is 0 Å². The van der Waals surface area contributed by atoms with E-state index in [0.29, 0.717) is 34.0 Å². The van der Waals surface area contributed by atoms with Crippen LogP contribution in [0.1, 0.15) is 5.56 Å². The molecule has 3 heterocycles. The van der Waals surface area contributed by atoms with E-state index in [1.807, 2.05) is 104 Å². The van der Waals surface area contributed by atoms with Crippen molar-refractivity contribution in [1.29, 1.82) is 0 Å². The summed E-state index contributed by atoms with van der Waals surface area (Å²) >= 11 is 0. The molecule has 0 amide bonds. The molecule has 212 valence electrons. The van der Waals surface area contributed by atoms with E-state index in [9.17, 15) is 8.42 Å². The predicted molar refractivity (Wildman–Crippen MR) is 174 cm³/mol. The molecule has 0 spiro atoms. The molecule has 9 rings (SSSR count). The van der Waals surface area contributed by atoms with E-state index in [0.717, 1.165) is 43.8 Å². The summed E-state index contributed by atoms with van der Waals surface area (Å²) < 4.78 is 44.3. The molecule has 44 heavy (non-hydrogen) atoms. The number of para-hydroxylation sites is 4. The van der Waals surface area contributed by atoms with Crippen LogP contribution < -0.4 is 9.47 Å². The Labute approximate surface area is 253 Å². The van der Waals surface area contributed by atoms with Crippen LogP contribution in [0.3, 0.4) is 0 Å². The molecule has 0 unspecified atom stereocenters. The zero-order chi connectivity index (χ0) is 29.6. The Morgan fingerprint density at radius 1 is 0.500 bits per heavy atom. The van der Waals surface area contributed by atoms with Crippen molar-refractivity contribution in [3.05, 3.63) is 133 Å². The van der Waals surface area contributed by atoms with Crippen LogP contribution in [-0.2, 0) is 10.0 Å². The fraction of sp³-hybridized carbons (Fsp3) is 0.0270. The third kappa shape index (κ3) is 3.50. The summed E-state index contributed by atoms with van der Waals surface area (Å²) in [6, 6.07) is 40.6. The molecule has 0 fully saturated rings. The lowest BCUT2D eigenvalue weighted by molar-refractivity contribution is 0.360. The van der Waals surface area contributed by atoms with Gasteiger partial charge in [0.15, 0.2) is 23.0 Å². The van der Waals surface area contributed by atoms with E-state index < -0.39 is 10.0 Å². The van der Waals surface area contributed by atoms with Crippen LogP contribution in [0.25, 0.3) is 49.3 Å². The largest absolute Gasteiger partial charge is 0.449 e. The number of fused-ring (bicyclic) bond motifs is 8. The summed E-state index contributed by atoms with van der Waals surface area (Å²) in [6.07, 6.45) is 0. The number of benzene rings is 6. The third-order valence-electron chi connectivity index (χ3n) is 8.46. The van der Waals surface area contributed by atoms with E-state index >= 15 is 0 Å². The smallest absolute Gasteiger partial charge is 0.268 e. The van der Waals surface area contributed by atoms with Gasteiger partial charge in [0.2, 0.25) is 0 Å². The highest BCUT2D eigenvalue weighted by atomic mass is 32.2. The number of hydrogen-bond acceptors (Lipinski definition) is 4. The summed E-state index contributed by atoms with van der Waals surface area (Å²) in [7, 11) is -3.86. The van der Waals surface area contributed by atoms with Crippen molar-refractivity contribution in [3.8, 4) is 28.7 Å². The lowest BCUT2D eigenvalue weighted by Crippen LogP contribution is -2.12. The molecule has 6 aromatic carbocycles. The van der Waals surface area contributed by atoms with Gasteiger partial charge in [-0.25, -0.2) is 12.4 Å². The second kappa shape index (κ2) is 8.99. The van der Waals surface area contributed by atoms with E-state index in [-0.39, 0.29) is 4.90 Å². The minimum absolute atomic E-state index is 0.255. The second-order valence-electron chi connectivity index (χ2n) is 11.1. The van der Waals surface area contributed by atoms with Crippen molar-refractivity contribution >= 4 is 53.6 Å². The van der Waals surface area contributed by atoms with Gasteiger partial charge in [-0.1, -0.05) is 66.2 Å². The van der Waals surface area contributed by atoms with Crippen molar-refractivity contribution in [3.63, 3.8) is 0 Å². The predicted octanol–water partition coefficient (Wildman–Crippen LogP) is 9.34. The highest BCUT2D eigenvalue weighted by Gasteiger charge is 2.25. The quantitative estimate of drug-likeness (QED) is 0.205. The van der Waals surface area contributed by atoms with E-state index in [2.05, 4.69) is 22.8 Å². The Balaban J connectivity index is 1.30. The number of rotatable bonds is 3. The molecule has 8 aromatic rings. The zero-order valence-corrected chi connectivity index (χ0v) is 24.4. The SMILES string of the molecule is Cc1ccc(S(=O)(=O)n2c3ccccc3c3cc(-n4c5ccccc5c5cc6c(cc54)Oc4ccccc4O6)ccc32)cc1. The molecule has 7 heteroatoms. The highest BCUT2D eigenvalue weighted by Crippen LogP contribution is 2.48. The van der Waals surface area contributed by atoms with Crippen molar-refractivity contribution in [1.82, 2.24) is 8.54 Å². The fourth-order valence-electron chi connectivity index (χ4n) is 6.41. The number of ether oxygens (including phenoxy) is 2. The first kappa shape index (κ1) is 25.0. The van der Waals surface area contributed by atoms with Crippen LogP contribution in [0, 0.1) is 6.92 Å². The molecule has 0 saturated carbocycles. The lowest BCUT2D eigenvalue weighted by Gasteiger charge is -2.20. The molecule has 1 aliphatic rings. The standard InChI is InChI=1S/C37H24N2O4S/c1-23-14-17-25(18-15-23)44(40,41)39-31-11-5-3-9-27(31)28-20-24(16-19-32(28)39)38-30-10-4-2-8-26(30)29-21-36-37(22-33(29)38)43-35-13-7-6-12-34(35)42-36/h2-22H,1H3. The number of nitrogens with zero attached hydrogens (tertiary/aromatic N) is 2. The summed E-state index contributed by atoms with van der Waals surface area (Å²) in [4.78, 5) is 0.255. The van der Waals surface area contributed by atoms with E-state index in [1.54, 1.807) is 12.1 Å². The Morgan fingerprint density at radius 2 is 1.07 bits per heavy atom. The second-order valence-corrected chi connectivity index (χ2v) is 12.9. The van der Waals surface area contributed by atoms with Gasteiger partial charge in [-0.2, -0.15) is 0 Å². The monoisotopic (exact) mass is 592 g/mol. The highest BCUT2D eigenvalue weighted by molar-refractivity contribution is 7.90. The molecular formula is C37H24N2O4S. The Morgan fingerprint density at radius 3 is 1.80 bits per heavy atom. The van der Waals surface area contributed by atoms with Gasteiger partial charge in [-0.05, 0) is 67.6 Å². The van der Waals surface area contributed by atoms with E-state index in [4.69, 9.17) is 9.47 Å². The van der Waals surface area contributed by atoms with Crippen molar-refractivity contribution in [2.75, 3.05) is 0 Å². The first-order valence-electron chi connectivity index (χ1n) is 14.4. The molecule has 0 saturated heterocycles. The topological polar surface area (TPSA) is 62.5 Å². The Kier molecular flexibility index (Phi) is 5.11. The van der Waals surface area contributed by atoms with Gasteiger partial charge in [0.05, 0.1) is 27.0 Å². The van der Waals surface area contributed by atoms with Gasteiger partial charge in [0, 0.05) is 33.3 Å². The third-order valence-corrected chi connectivity index (χ3v) is 10.2.